The summed E-state index contributed by atoms with van der Waals surface area (Å²) in [5.41, 5.74) is 6.28. The first-order valence-electron chi connectivity index (χ1n) is 7.46. The van der Waals surface area contributed by atoms with E-state index in [-0.39, 0.29) is 0 Å². The zero-order valence-corrected chi connectivity index (χ0v) is 11.6. The molecule has 0 spiro atoms. The van der Waals surface area contributed by atoms with Crippen LogP contribution in [-0.2, 0) is 0 Å². The van der Waals surface area contributed by atoms with Crippen LogP contribution in [0.15, 0.2) is 0 Å². The number of hydrogen-bond acceptors (Lipinski definition) is 3. The SMILES string of the molecule is CCC(C)N1CCN(C2CCCCC2N)CC1. The number of hydrogen-bond donors (Lipinski definition) is 1. The average Bonchev–Trinajstić information content (AvgIpc) is 2.39. The highest BCUT2D eigenvalue weighted by molar-refractivity contribution is 4.88. The summed E-state index contributed by atoms with van der Waals surface area (Å²) in [6.45, 7) is 9.55. The summed E-state index contributed by atoms with van der Waals surface area (Å²) in [6.07, 6.45) is 6.54. The molecule has 1 aliphatic carbocycles. The molecule has 3 unspecified atom stereocenters. The van der Waals surface area contributed by atoms with E-state index in [2.05, 4.69) is 23.6 Å². The van der Waals surface area contributed by atoms with Gasteiger partial charge in [0.2, 0.25) is 0 Å². The van der Waals surface area contributed by atoms with E-state index in [0.717, 1.165) is 6.04 Å². The van der Waals surface area contributed by atoms with E-state index < -0.39 is 0 Å². The topological polar surface area (TPSA) is 32.5 Å². The van der Waals surface area contributed by atoms with Crippen molar-refractivity contribution >= 4 is 0 Å². The molecule has 3 heteroatoms. The lowest BCUT2D eigenvalue weighted by Crippen LogP contribution is -2.57. The van der Waals surface area contributed by atoms with Gasteiger partial charge in [0.25, 0.3) is 0 Å². The molecule has 1 saturated heterocycles. The van der Waals surface area contributed by atoms with Gasteiger partial charge in [-0.15, -0.1) is 0 Å². The maximum absolute atomic E-state index is 6.28. The van der Waals surface area contributed by atoms with Crippen LogP contribution >= 0.6 is 0 Å². The third-order valence-electron chi connectivity index (χ3n) is 4.81. The van der Waals surface area contributed by atoms with E-state index in [1.54, 1.807) is 0 Å². The molecule has 100 valence electrons. The van der Waals surface area contributed by atoms with Gasteiger partial charge in [-0.25, -0.2) is 0 Å². The Morgan fingerprint density at radius 3 is 2.35 bits per heavy atom. The number of nitrogens with two attached hydrogens (primary N) is 1. The van der Waals surface area contributed by atoms with E-state index in [0.29, 0.717) is 12.1 Å². The van der Waals surface area contributed by atoms with Crippen LogP contribution in [0, 0.1) is 0 Å². The van der Waals surface area contributed by atoms with Crippen LogP contribution < -0.4 is 5.73 Å². The first-order chi connectivity index (χ1) is 8.22. The average molecular weight is 239 g/mol. The summed E-state index contributed by atoms with van der Waals surface area (Å²) in [5.74, 6) is 0. The van der Waals surface area contributed by atoms with Gasteiger partial charge in [0, 0.05) is 44.3 Å². The van der Waals surface area contributed by atoms with Gasteiger partial charge in [0.05, 0.1) is 0 Å². The highest BCUT2D eigenvalue weighted by Crippen LogP contribution is 2.23. The molecule has 2 fully saturated rings. The smallest absolute Gasteiger partial charge is 0.0248 e. The standard InChI is InChI=1S/C14H29N3/c1-3-12(2)16-8-10-17(11-9-16)14-7-5-4-6-13(14)15/h12-14H,3-11,15H2,1-2H3. The van der Waals surface area contributed by atoms with Crippen LogP contribution in [0.4, 0.5) is 0 Å². The normalized spacial score (nSPS) is 34.8. The van der Waals surface area contributed by atoms with Gasteiger partial charge >= 0.3 is 0 Å². The zero-order valence-electron chi connectivity index (χ0n) is 11.6. The molecule has 2 rings (SSSR count). The van der Waals surface area contributed by atoms with E-state index in [9.17, 15) is 0 Å². The van der Waals surface area contributed by atoms with Gasteiger partial charge < -0.3 is 5.73 Å². The fourth-order valence-corrected chi connectivity index (χ4v) is 3.36. The Labute approximate surface area is 106 Å². The van der Waals surface area contributed by atoms with Gasteiger partial charge in [-0.2, -0.15) is 0 Å². The Hall–Kier alpha value is -0.120. The van der Waals surface area contributed by atoms with Crippen LogP contribution in [0.25, 0.3) is 0 Å². The lowest BCUT2D eigenvalue weighted by Gasteiger charge is -2.44. The summed E-state index contributed by atoms with van der Waals surface area (Å²) in [5, 5.41) is 0. The predicted octanol–water partition coefficient (Wildman–Crippen LogP) is 1.67. The van der Waals surface area contributed by atoms with Crippen molar-refractivity contribution < 1.29 is 0 Å². The quantitative estimate of drug-likeness (QED) is 0.813. The summed E-state index contributed by atoms with van der Waals surface area (Å²) >= 11 is 0. The number of nitrogens with zero attached hydrogens (tertiary/aromatic N) is 2. The first-order valence-corrected chi connectivity index (χ1v) is 7.46. The van der Waals surface area contributed by atoms with Crippen LogP contribution in [-0.4, -0.2) is 54.1 Å². The largest absolute Gasteiger partial charge is 0.326 e. The molecule has 17 heavy (non-hydrogen) atoms. The van der Waals surface area contributed by atoms with E-state index >= 15 is 0 Å². The van der Waals surface area contributed by atoms with Crippen molar-refractivity contribution in [3.63, 3.8) is 0 Å². The summed E-state index contributed by atoms with van der Waals surface area (Å²) < 4.78 is 0. The van der Waals surface area contributed by atoms with Crippen molar-refractivity contribution in [2.24, 2.45) is 5.73 Å². The summed E-state index contributed by atoms with van der Waals surface area (Å²) in [6, 6.07) is 1.85. The maximum atomic E-state index is 6.28. The molecule has 0 aromatic carbocycles. The highest BCUT2D eigenvalue weighted by Gasteiger charge is 2.30. The number of piperazine rings is 1. The van der Waals surface area contributed by atoms with Crippen molar-refractivity contribution in [2.75, 3.05) is 26.2 Å². The molecule has 2 N–H and O–H groups in total. The van der Waals surface area contributed by atoms with Gasteiger partial charge in [0.1, 0.15) is 0 Å². The minimum Gasteiger partial charge on any atom is -0.326 e. The monoisotopic (exact) mass is 239 g/mol. The summed E-state index contributed by atoms with van der Waals surface area (Å²) in [4.78, 5) is 5.29. The molecule has 3 nitrogen and oxygen atoms in total. The van der Waals surface area contributed by atoms with Gasteiger partial charge in [-0.3, -0.25) is 9.80 Å². The molecule has 1 heterocycles. The van der Waals surface area contributed by atoms with Crippen LogP contribution in [0.3, 0.4) is 0 Å². The molecule has 2 aliphatic rings. The molecule has 0 amide bonds. The van der Waals surface area contributed by atoms with E-state index in [1.807, 2.05) is 0 Å². The third kappa shape index (κ3) is 3.21. The molecule has 0 aromatic rings. The molecule has 1 aliphatic heterocycles. The minimum absolute atomic E-state index is 0.430. The second-order valence-corrected chi connectivity index (χ2v) is 5.84. The number of rotatable bonds is 3. The van der Waals surface area contributed by atoms with Crippen LogP contribution in [0.1, 0.15) is 46.0 Å². The molecular weight excluding hydrogens is 210 g/mol. The Balaban J connectivity index is 1.81. The maximum Gasteiger partial charge on any atom is 0.0248 e. The lowest BCUT2D eigenvalue weighted by molar-refractivity contribution is 0.0521. The molecule has 0 bridgehead atoms. The van der Waals surface area contributed by atoms with E-state index in [4.69, 9.17) is 5.73 Å². The van der Waals surface area contributed by atoms with E-state index in [1.165, 1.54) is 58.3 Å². The van der Waals surface area contributed by atoms with Crippen molar-refractivity contribution in [1.82, 2.24) is 9.80 Å². The second kappa shape index (κ2) is 6.17. The molecular formula is C14H29N3. The Kier molecular flexibility index (Phi) is 4.83. The zero-order chi connectivity index (χ0) is 12.3. The Bertz CT molecular complexity index is 224. The molecule has 3 atom stereocenters. The minimum atomic E-state index is 0.430. The summed E-state index contributed by atoms with van der Waals surface area (Å²) in [7, 11) is 0. The Morgan fingerprint density at radius 1 is 1.12 bits per heavy atom. The van der Waals surface area contributed by atoms with Crippen molar-refractivity contribution in [1.29, 1.82) is 0 Å². The van der Waals surface area contributed by atoms with Gasteiger partial charge in [0.15, 0.2) is 0 Å². The lowest BCUT2D eigenvalue weighted by atomic mass is 9.89. The fourth-order valence-electron chi connectivity index (χ4n) is 3.36. The van der Waals surface area contributed by atoms with Crippen molar-refractivity contribution in [2.45, 2.75) is 64.1 Å². The van der Waals surface area contributed by atoms with Crippen molar-refractivity contribution in [3.05, 3.63) is 0 Å². The predicted molar refractivity (Wildman–Crippen MR) is 73.1 cm³/mol. The fraction of sp³-hybridized carbons (Fsp3) is 1.00. The Morgan fingerprint density at radius 2 is 1.76 bits per heavy atom. The van der Waals surface area contributed by atoms with Crippen LogP contribution in [0.5, 0.6) is 0 Å². The second-order valence-electron chi connectivity index (χ2n) is 5.84. The highest BCUT2D eigenvalue weighted by atomic mass is 15.3. The molecule has 0 aromatic heterocycles. The van der Waals surface area contributed by atoms with Crippen LogP contribution in [0.2, 0.25) is 0 Å². The third-order valence-corrected chi connectivity index (χ3v) is 4.81. The van der Waals surface area contributed by atoms with Gasteiger partial charge in [-0.05, 0) is 26.2 Å². The molecule has 0 radical (unpaired) electrons. The van der Waals surface area contributed by atoms with Gasteiger partial charge in [-0.1, -0.05) is 19.8 Å². The molecule has 1 saturated carbocycles. The first kappa shape index (κ1) is 13.3. The van der Waals surface area contributed by atoms with Crippen molar-refractivity contribution in [3.8, 4) is 0 Å².